The lowest BCUT2D eigenvalue weighted by molar-refractivity contribution is 0.0954. The van der Waals surface area contributed by atoms with Crippen molar-refractivity contribution in [2.75, 3.05) is 26.5 Å². The monoisotopic (exact) mass is 364 g/mol. The van der Waals surface area contributed by atoms with Gasteiger partial charge in [0.2, 0.25) is 0 Å². The molecule has 0 aliphatic heterocycles. The molecule has 0 bridgehead atoms. The maximum Gasteiger partial charge on any atom is 0.254 e. The molecule has 7 heteroatoms. The van der Waals surface area contributed by atoms with Crippen molar-refractivity contribution in [3.8, 4) is 5.75 Å². The van der Waals surface area contributed by atoms with Crippen LogP contribution in [-0.4, -0.2) is 38.0 Å². The van der Waals surface area contributed by atoms with Crippen LogP contribution < -0.4 is 20.7 Å². The van der Waals surface area contributed by atoms with Gasteiger partial charge in [0.25, 0.3) is 11.8 Å². The van der Waals surface area contributed by atoms with Crippen LogP contribution in [0.5, 0.6) is 5.75 Å². The fraction of sp³-hybridized carbons (Fsp3) is 0.150. The van der Waals surface area contributed by atoms with Crippen LogP contribution in [0, 0.1) is 0 Å². The molecule has 0 spiro atoms. The van der Waals surface area contributed by atoms with Crippen LogP contribution in [0.3, 0.4) is 0 Å². The topological polar surface area (TPSA) is 92.4 Å². The van der Waals surface area contributed by atoms with E-state index >= 15 is 0 Å². The van der Waals surface area contributed by atoms with Gasteiger partial charge in [-0.2, -0.15) is 0 Å². The largest absolute Gasteiger partial charge is 0.496 e. The average Bonchev–Trinajstić information content (AvgIpc) is 2.72. The number of benzene rings is 2. The van der Waals surface area contributed by atoms with E-state index in [1.54, 1.807) is 26.2 Å². The number of methoxy groups -OCH3 is 1. The Balaban J connectivity index is 2.28. The lowest BCUT2D eigenvalue weighted by atomic mass is 10.0. The normalized spacial score (nSPS) is 10.3. The van der Waals surface area contributed by atoms with Gasteiger partial charge in [-0.25, -0.2) is 0 Å². The van der Waals surface area contributed by atoms with Crippen molar-refractivity contribution >= 4 is 34.1 Å². The summed E-state index contributed by atoms with van der Waals surface area (Å²) < 4.78 is 5.33. The number of amides is 2. The predicted molar refractivity (Wildman–Crippen MR) is 105 cm³/mol. The number of fused-ring (bicyclic) bond motifs is 1. The quantitative estimate of drug-likeness (QED) is 0.647. The molecule has 0 aliphatic rings. The SMILES string of the molecule is CNC(=O)c1cc2c(Nc3ccccc3)c(C(=O)NC)cnc2cc1OC. The highest BCUT2D eigenvalue weighted by atomic mass is 16.5. The second-order valence-corrected chi connectivity index (χ2v) is 5.77. The molecular formula is C20H20N4O3. The van der Waals surface area contributed by atoms with Gasteiger partial charge in [0.1, 0.15) is 5.75 Å². The predicted octanol–water partition coefficient (Wildman–Crippen LogP) is 2.71. The second kappa shape index (κ2) is 7.74. The number of anilines is 2. The molecule has 0 unspecified atom stereocenters. The molecule has 0 atom stereocenters. The summed E-state index contributed by atoms with van der Waals surface area (Å²) in [6.45, 7) is 0. The number of hydrogen-bond acceptors (Lipinski definition) is 5. The Morgan fingerprint density at radius 1 is 0.963 bits per heavy atom. The first-order valence-electron chi connectivity index (χ1n) is 8.36. The number of pyridine rings is 1. The summed E-state index contributed by atoms with van der Waals surface area (Å²) in [5, 5.41) is 9.14. The fourth-order valence-electron chi connectivity index (χ4n) is 2.81. The number of carbonyl (C=O) groups excluding carboxylic acids is 2. The molecule has 0 radical (unpaired) electrons. The third-order valence-corrected chi connectivity index (χ3v) is 4.18. The summed E-state index contributed by atoms with van der Waals surface area (Å²) in [4.78, 5) is 29.0. The third-order valence-electron chi connectivity index (χ3n) is 4.18. The van der Waals surface area contributed by atoms with Crippen molar-refractivity contribution in [1.29, 1.82) is 0 Å². The van der Waals surface area contributed by atoms with Crippen molar-refractivity contribution in [3.05, 3.63) is 59.8 Å². The third kappa shape index (κ3) is 3.52. The molecule has 138 valence electrons. The van der Waals surface area contributed by atoms with Crippen LogP contribution in [0.1, 0.15) is 20.7 Å². The van der Waals surface area contributed by atoms with E-state index in [-0.39, 0.29) is 11.8 Å². The van der Waals surface area contributed by atoms with Crippen molar-refractivity contribution in [1.82, 2.24) is 15.6 Å². The number of carbonyl (C=O) groups is 2. The molecule has 0 saturated heterocycles. The molecule has 3 N–H and O–H groups in total. The van der Waals surface area contributed by atoms with Gasteiger partial charge in [-0.3, -0.25) is 14.6 Å². The molecule has 3 aromatic rings. The Kier molecular flexibility index (Phi) is 5.21. The highest BCUT2D eigenvalue weighted by Crippen LogP contribution is 2.33. The van der Waals surface area contributed by atoms with Gasteiger partial charge in [0, 0.05) is 37.4 Å². The molecule has 1 heterocycles. The van der Waals surface area contributed by atoms with Crippen molar-refractivity contribution in [3.63, 3.8) is 0 Å². The minimum Gasteiger partial charge on any atom is -0.496 e. The number of hydrogen-bond donors (Lipinski definition) is 3. The van der Waals surface area contributed by atoms with E-state index in [0.29, 0.717) is 33.5 Å². The molecule has 2 amide bonds. The van der Waals surface area contributed by atoms with Crippen LogP contribution in [0.2, 0.25) is 0 Å². The van der Waals surface area contributed by atoms with Gasteiger partial charge >= 0.3 is 0 Å². The molecule has 3 rings (SSSR count). The molecule has 7 nitrogen and oxygen atoms in total. The summed E-state index contributed by atoms with van der Waals surface area (Å²) in [6.07, 6.45) is 1.51. The smallest absolute Gasteiger partial charge is 0.254 e. The maximum atomic E-state index is 12.4. The van der Waals surface area contributed by atoms with E-state index in [1.807, 2.05) is 30.3 Å². The van der Waals surface area contributed by atoms with E-state index in [0.717, 1.165) is 5.69 Å². The Morgan fingerprint density at radius 2 is 1.63 bits per heavy atom. The van der Waals surface area contributed by atoms with E-state index in [2.05, 4.69) is 20.9 Å². The lowest BCUT2D eigenvalue weighted by Gasteiger charge is -2.16. The highest BCUT2D eigenvalue weighted by Gasteiger charge is 2.19. The fourth-order valence-corrected chi connectivity index (χ4v) is 2.81. The van der Waals surface area contributed by atoms with Gasteiger partial charge in [0.15, 0.2) is 0 Å². The Labute approximate surface area is 156 Å². The summed E-state index contributed by atoms with van der Waals surface area (Å²) in [5.74, 6) is -0.155. The Bertz CT molecular complexity index is 1000. The molecule has 0 fully saturated rings. The minimum absolute atomic E-state index is 0.278. The van der Waals surface area contributed by atoms with Gasteiger partial charge in [0.05, 0.1) is 29.4 Å². The maximum absolute atomic E-state index is 12.4. The number of aromatic nitrogens is 1. The summed E-state index contributed by atoms with van der Waals surface area (Å²) in [7, 11) is 4.60. The summed E-state index contributed by atoms with van der Waals surface area (Å²) in [5.41, 5.74) is 2.72. The zero-order chi connectivity index (χ0) is 19.4. The first kappa shape index (κ1) is 18.2. The Hall–Kier alpha value is -3.61. The molecule has 0 saturated carbocycles. The zero-order valence-corrected chi connectivity index (χ0v) is 15.3. The second-order valence-electron chi connectivity index (χ2n) is 5.77. The molecule has 27 heavy (non-hydrogen) atoms. The number of nitrogens with one attached hydrogen (secondary N) is 3. The molecule has 2 aromatic carbocycles. The zero-order valence-electron chi connectivity index (χ0n) is 15.3. The lowest BCUT2D eigenvalue weighted by Crippen LogP contribution is -2.20. The van der Waals surface area contributed by atoms with Crippen LogP contribution in [0.15, 0.2) is 48.7 Å². The molecular weight excluding hydrogens is 344 g/mol. The number of rotatable bonds is 5. The summed E-state index contributed by atoms with van der Waals surface area (Å²) >= 11 is 0. The minimum atomic E-state index is -0.287. The van der Waals surface area contributed by atoms with E-state index < -0.39 is 0 Å². The van der Waals surface area contributed by atoms with Gasteiger partial charge in [-0.1, -0.05) is 18.2 Å². The van der Waals surface area contributed by atoms with E-state index in [1.165, 1.54) is 13.3 Å². The van der Waals surface area contributed by atoms with Crippen molar-refractivity contribution in [2.45, 2.75) is 0 Å². The van der Waals surface area contributed by atoms with Crippen LogP contribution in [-0.2, 0) is 0 Å². The number of nitrogens with zero attached hydrogens (tertiary/aromatic N) is 1. The van der Waals surface area contributed by atoms with Crippen LogP contribution in [0.25, 0.3) is 10.9 Å². The first-order valence-corrected chi connectivity index (χ1v) is 8.36. The van der Waals surface area contributed by atoms with Gasteiger partial charge < -0.3 is 20.7 Å². The number of ether oxygens (including phenoxy) is 1. The Morgan fingerprint density at radius 3 is 2.26 bits per heavy atom. The number of para-hydroxylation sites is 1. The van der Waals surface area contributed by atoms with Gasteiger partial charge in [-0.15, -0.1) is 0 Å². The molecule has 1 aromatic heterocycles. The van der Waals surface area contributed by atoms with E-state index in [9.17, 15) is 9.59 Å². The van der Waals surface area contributed by atoms with Gasteiger partial charge in [-0.05, 0) is 18.2 Å². The first-order chi connectivity index (χ1) is 13.1. The molecule has 0 aliphatic carbocycles. The van der Waals surface area contributed by atoms with Crippen LogP contribution >= 0.6 is 0 Å². The van der Waals surface area contributed by atoms with Crippen LogP contribution in [0.4, 0.5) is 11.4 Å². The average molecular weight is 364 g/mol. The van der Waals surface area contributed by atoms with Crippen molar-refractivity contribution in [2.24, 2.45) is 0 Å². The van der Waals surface area contributed by atoms with E-state index in [4.69, 9.17) is 4.74 Å². The summed E-state index contributed by atoms with van der Waals surface area (Å²) in [6, 6.07) is 12.8. The standard InChI is InChI=1S/C20H20N4O3/c1-21-19(25)14-9-13-16(10-17(14)27-3)23-11-15(20(26)22-2)18(13)24-12-7-5-4-6-8-12/h4-11H,1-3H3,(H,21,25)(H,22,26)(H,23,24). The van der Waals surface area contributed by atoms with Crippen molar-refractivity contribution < 1.29 is 14.3 Å². The highest BCUT2D eigenvalue weighted by molar-refractivity contribution is 6.10.